The lowest BCUT2D eigenvalue weighted by molar-refractivity contribution is 0.117. The van der Waals surface area contributed by atoms with E-state index in [2.05, 4.69) is 37.6 Å². The molecule has 1 aliphatic rings. The van der Waals surface area contributed by atoms with Gasteiger partial charge in [0.2, 0.25) is 11.8 Å². The first-order valence-corrected chi connectivity index (χ1v) is 8.75. The highest BCUT2D eigenvalue weighted by Gasteiger charge is 2.28. The van der Waals surface area contributed by atoms with Crippen LogP contribution in [0.3, 0.4) is 0 Å². The van der Waals surface area contributed by atoms with Gasteiger partial charge in [0.25, 0.3) is 0 Å². The molecule has 4 rings (SSSR count). The Morgan fingerprint density at radius 2 is 2.12 bits per heavy atom. The summed E-state index contributed by atoms with van der Waals surface area (Å²) in [5.41, 5.74) is 1.44. The average Bonchev–Trinajstić information content (AvgIpc) is 3.35. The van der Waals surface area contributed by atoms with E-state index in [-0.39, 0.29) is 0 Å². The van der Waals surface area contributed by atoms with Gasteiger partial charge in [-0.3, -0.25) is 4.90 Å². The van der Waals surface area contributed by atoms with Gasteiger partial charge >= 0.3 is 0 Å². The maximum Gasteiger partial charge on any atom is 0.247 e. The van der Waals surface area contributed by atoms with Gasteiger partial charge in [-0.2, -0.15) is 5.26 Å². The summed E-state index contributed by atoms with van der Waals surface area (Å²) in [4.78, 5) is 6.52. The van der Waals surface area contributed by atoms with Gasteiger partial charge < -0.3 is 8.98 Å². The van der Waals surface area contributed by atoms with E-state index < -0.39 is 0 Å². The van der Waals surface area contributed by atoms with Gasteiger partial charge in [-0.1, -0.05) is 6.92 Å². The third-order valence-electron chi connectivity index (χ3n) is 5.00. The van der Waals surface area contributed by atoms with E-state index >= 15 is 0 Å². The third-order valence-corrected chi connectivity index (χ3v) is 5.00. The van der Waals surface area contributed by atoms with Gasteiger partial charge in [0.15, 0.2) is 0 Å². The van der Waals surface area contributed by atoms with Crippen LogP contribution in [-0.2, 0) is 6.54 Å². The fraction of sp³-hybridized carbons (Fsp3) is 0.368. The van der Waals surface area contributed by atoms with Crippen LogP contribution in [0.25, 0.3) is 11.5 Å². The molecular formula is C19H20N6O. The fourth-order valence-electron chi connectivity index (χ4n) is 3.42. The standard InChI is InChI=1S/C19H20N6O/c1-14-6-8-24(11-17(14)25-9-7-21-13-25)12-18-22-23-19(26-18)16-4-2-15(10-20)3-5-16/h2-5,7,9,13-14,17H,6,8,11-12H2,1H3. The summed E-state index contributed by atoms with van der Waals surface area (Å²) in [6.07, 6.45) is 6.87. The molecule has 2 atom stereocenters. The lowest BCUT2D eigenvalue weighted by Crippen LogP contribution is -2.40. The van der Waals surface area contributed by atoms with E-state index in [0.29, 0.717) is 35.8 Å². The number of nitrogens with zero attached hydrogens (tertiary/aromatic N) is 6. The summed E-state index contributed by atoms with van der Waals surface area (Å²) in [5.74, 6) is 1.71. The number of hydrogen-bond acceptors (Lipinski definition) is 6. The Bertz CT molecular complexity index is 893. The largest absolute Gasteiger partial charge is 0.419 e. The van der Waals surface area contributed by atoms with Crippen molar-refractivity contribution in [3.05, 3.63) is 54.4 Å². The molecule has 1 aromatic carbocycles. The number of hydrogen-bond donors (Lipinski definition) is 0. The van der Waals surface area contributed by atoms with Crippen LogP contribution in [0.15, 0.2) is 47.4 Å². The highest BCUT2D eigenvalue weighted by atomic mass is 16.4. The second-order valence-electron chi connectivity index (χ2n) is 6.77. The Kier molecular flexibility index (Phi) is 4.50. The normalized spacial score (nSPS) is 20.8. The average molecular weight is 348 g/mol. The SMILES string of the molecule is CC1CCN(Cc2nnc(-c3ccc(C#N)cc3)o2)CC1n1ccnc1. The summed E-state index contributed by atoms with van der Waals surface area (Å²) >= 11 is 0. The summed E-state index contributed by atoms with van der Waals surface area (Å²) < 4.78 is 8.02. The lowest BCUT2D eigenvalue weighted by Gasteiger charge is -2.37. The van der Waals surface area contributed by atoms with Crippen molar-refractivity contribution in [2.45, 2.75) is 25.9 Å². The van der Waals surface area contributed by atoms with Crippen LogP contribution in [0.1, 0.15) is 30.8 Å². The van der Waals surface area contributed by atoms with Crippen LogP contribution in [0.4, 0.5) is 0 Å². The van der Waals surface area contributed by atoms with Crippen molar-refractivity contribution < 1.29 is 4.42 Å². The second-order valence-corrected chi connectivity index (χ2v) is 6.77. The van der Waals surface area contributed by atoms with Gasteiger partial charge in [0.05, 0.1) is 24.5 Å². The molecule has 7 nitrogen and oxygen atoms in total. The molecular weight excluding hydrogens is 328 g/mol. The number of rotatable bonds is 4. The first-order valence-electron chi connectivity index (χ1n) is 8.75. The molecule has 26 heavy (non-hydrogen) atoms. The highest BCUT2D eigenvalue weighted by Crippen LogP contribution is 2.28. The monoisotopic (exact) mass is 348 g/mol. The van der Waals surface area contributed by atoms with Crippen molar-refractivity contribution in [2.24, 2.45) is 5.92 Å². The smallest absolute Gasteiger partial charge is 0.247 e. The fourth-order valence-corrected chi connectivity index (χ4v) is 3.42. The zero-order chi connectivity index (χ0) is 17.9. The molecule has 0 amide bonds. The van der Waals surface area contributed by atoms with Crippen molar-refractivity contribution in [3.8, 4) is 17.5 Å². The molecule has 1 fully saturated rings. The lowest BCUT2D eigenvalue weighted by atomic mass is 9.93. The molecule has 3 heterocycles. The Labute approximate surface area is 151 Å². The third kappa shape index (κ3) is 3.37. The van der Waals surface area contributed by atoms with Gasteiger partial charge in [-0.15, -0.1) is 10.2 Å². The number of nitriles is 1. The van der Waals surface area contributed by atoms with Gasteiger partial charge in [-0.05, 0) is 43.1 Å². The molecule has 7 heteroatoms. The number of likely N-dealkylation sites (tertiary alicyclic amines) is 1. The van der Waals surface area contributed by atoms with Crippen molar-refractivity contribution in [1.82, 2.24) is 24.6 Å². The number of aromatic nitrogens is 4. The maximum atomic E-state index is 8.88. The highest BCUT2D eigenvalue weighted by molar-refractivity contribution is 5.54. The first kappa shape index (κ1) is 16.5. The molecule has 2 aromatic heterocycles. The van der Waals surface area contributed by atoms with E-state index in [1.165, 1.54) is 0 Å². The van der Waals surface area contributed by atoms with Crippen LogP contribution in [-0.4, -0.2) is 37.7 Å². The quantitative estimate of drug-likeness (QED) is 0.721. The minimum Gasteiger partial charge on any atom is -0.419 e. The van der Waals surface area contributed by atoms with E-state index in [9.17, 15) is 0 Å². The molecule has 132 valence electrons. The van der Waals surface area contributed by atoms with Crippen LogP contribution in [0.2, 0.25) is 0 Å². The minimum atomic E-state index is 0.409. The van der Waals surface area contributed by atoms with Gasteiger partial charge in [-0.25, -0.2) is 4.98 Å². The van der Waals surface area contributed by atoms with Crippen molar-refractivity contribution >= 4 is 0 Å². The van der Waals surface area contributed by atoms with Crippen LogP contribution >= 0.6 is 0 Å². The predicted molar refractivity (Wildman–Crippen MR) is 94.8 cm³/mol. The molecule has 1 saturated heterocycles. The molecule has 1 aliphatic heterocycles. The second kappa shape index (κ2) is 7.10. The predicted octanol–water partition coefficient (Wildman–Crippen LogP) is 2.89. The molecule has 0 saturated carbocycles. The Morgan fingerprint density at radius 3 is 2.85 bits per heavy atom. The summed E-state index contributed by atoms with van der Waals surface area (Å²) in [6, 6.07) is 9.67. The molecule has 3 aromatic rings. The zero-order valence-corrected chi connectivity index (χ0v) is 14.6. The van der Waals surface area contributed by atoms with E-state index in [1.807, 2.05) is 30.9 Å². The summed E-state index contributed by atoms with van der Waals surface area (Å²) in [5, 5.41) is 17.2. The Morgan fingerprint density at radius 1 is 1.27 bits per heavy atom. The molecule has 0 bridgehead atoms. The summed E-state index contributed by atoms with van der Waals surface area (Å²) in [6.45, 7) is 4.88. The molecule has 0 spiro atoms. The zero-order valence-electron chi connectivity index (χ0n) is 14.6. The van der Waals surface area contributed by atoms with E-state index in [0.717, 1.165) is 25.1 Å². The molecule has 0 aliphatic carbocycles. The first-order chi connectivity index (χ1) is 12.7. The molecule has 2 unspecified atom stereocenters. The number of benzene rings is 1. The van der Waals surface area contributed by atoms with Crippen molar-refractivity contribution in [2.75, 3.05) is 13.1 Å². The van der Waals surface area contributed by atoms with Crippen molar-refractivity contribution in [3.63, 3.8) is 0 Å². The number of imidazole rings is 1. The maximum absolute atomic E-state index is 8.88. The summed E-state index contributed by atoms with van der Waals surface area (Å²) in [7, 11) is 0. The Hall–Kier alpha value is -2.98. The van der Waals surface area contributed by atoms with Gasteiger partial charge in [0.1, 0.15) is 0 Å². The van der Waals surface area contributed by atoms with Crippen LogP contribution < -0.4 is 0 Å². The van der Waals surface area contributed by atoms with Crippen LogP contribution in [0, 0.1) is 17.2 Å². The minimum absolute atomic E-state index is 0.409. The number of piperidine rings is 1. The van der Waals surface area contributed by atoms with E-state index in [1.54, 1.807) is 12.1 Å². The molecule has 0 radical (unpaired) electrons. The van der Waals surface area contributed by atoms with Crippen LogP contribution in [0.5, 0.6) is 0 Å². The van der Waals surface area contributed by atoms with Gasteiger partial charge in [0, 0.05) is 30.5 Å². The Balaban J connectivity index is 1.44. The van der Waals surface area contributed by atoms with Crippen molar-refractivity contribution in [1.29, 1.82) is 5.26 Å². The van der Waals surface area contributed by atoms with E-state index in [4.69, 9.17) is 9.68 Å². The molecule has 0 N–H and O–H groups in total. The topological polar surface area (TPSA) is 83.8 Å².